The van der Waals surface area contributed by atoms with E-state index in [0.717, 1.165) is 21.0 Å². The Hall–Kier alpha value is -5.31. The number of hydrogen-bond acceptors (Lipinski definition) is 6. The van der Waals surface area contributed by atoms with Gasteiger partial charge in [-0.2, -0.15) is 9.57 Å². The van der Waals surface area contributed by atoms with Gasteiger partial charge in [0.05, 0.1) is 22.9 Å². The maximum Gasteiger partial charge on any atom is 0.326 e. The second kappa shape index (κ2) is 14.2. The number of carboxylic acid groups (broad SMARTS) is 1. The second-order valence-corrected chi connectivity index (χ2v) is 12.9. The van der Waals surface area contributed by atoms with Crippen LogP contribution in [0.5, 0.6) is 0 Å². The van der Waals surface area contributed by atoms with E-state index in [1.54, 1.807) is 54.6 Å². The molecule has 0 bridgehead atoms. The standard InChI is InChI=1S/C35H32N4O6S/c36-22-27-11-7-8-14-30(27)26-17-15-25(16-18-26)19-31(35(42)43)38-34(41)32-21-28(37-33(40)20-24-9-3-1-4-10-24)23-39(32)46(44,45)29-12-5-2-6-13-29/h1-18,28,31-32H,19-21,23H2,(H,37,40)(H,38,41)(H,42,43)/t28-,31+,32+/m1/s1. The fourth-order valence-electron chi connectivity index (χ4n) is 5.56. The molecule has 234 valence electrons. The molecule has 0 aromatic heterocycles. The molecule has 3 atom stereocenters. The summed E-state index contributed by atoms with van der Waals surface area (Å²) in [5.41, 5.74) is 3.44. The molecule has 10 nitrogen and oxygen atoms in total. The van der Waals surface area contributed by atoms with Crippen LogP contribution in [-0.2, 0) is 37.2 Å². The minimum Gasteiger partial charge on any atom is -0.480 e. The van der Waals surface area contributed by atoms with Crippen LogP contribution in [0.2, 0.25) is 0 Å². The monoisotopic (exact) mass is 636 g/mol. The van der Waals surface area contributed by atoms with Gasteiger partial charge in [0, 0.05) is 19.0 Å². The molecule has 1 saturated heterocycles. The van der Waals surface area contributed by atoms with Crippen LogP contribution in [0.3, 0.4) is 0 Å². The highest BCUT2D eigenvalue weighted by Gasteiger charge is 2.45. The van der Waals surface area contributed by atoms with Gasteiger partial charge in [-0.3, -0.25) is 9.59 Å². The van der Waals surface area contributed by atoms with E-state index in [4.69, 9.17) is 0 Å². The summed E-state index contributed by atoms with van der Waals surface area (Å²) in [4.78, 5) is 38.7. The van der Waals surface area contributed by atoms with Crippen molar-refractivity contribution >= 4 is 27.8 Å². The largest absolute Gasteiger partial charge is 0.480 e. The van der Waals surface area contributed by atoms with Crippen LogP contribution in [0.1, 0.15) is 23.1 Å². The average molecular weight is 637 g/mol. The van der Waals surface area contributed by atoms with E-state index < -0.39 is 40.0 Å². The number of nitrogens with one attached hydrogen (secondary N) is 2. The fraction of sp³-hybridized carbons (Fsp3) is 0.200. The number of aliphatic carboxylic acids is 1. The molecule has 0 unspecified atom stereocenters. The highest BCUT2D eigenvalue weighted by molar-refractivity contribution is 7.89. The Morgan fingerprint density at radius 1 is 0.870 bits per heavy atom. The number of rotatable bonds is 11. The summed E-state index contributed by atoms with van der Waals surface area (Å²) in [5, 5.41) is 24.8. The van der Waals surface area contributed by atoms with E-state index in [9.17, 15) is 33.2 Å². The number of carbonyl (C=O) groups excluding carboxylic acids is 2. The van der Waals surface area contributed by atoms with Crippen LogP contribution in [0.4, 0.5) is 0 Å². The SMILES string of the molecule is N#Cc1ccccc1-c1ccc(C[C@H](NC(=O)[C@@H]2C[C@@H](NC(=O)Cc3ccccc3)CN2S(=O)(=O)c2ccccc2)C(=O)O)cc1. The maximum atomic E-state index is 13.7. The van der Waals surface area contributed by atoms with Crippen molar-refractivity contribution in [3.63, 3.8) is 0 Å². The van der Waals surface area contributed by atoms with Crippen LogP contribution in [0, 0.1) is 11.3 Å². The van der Waals surface area contributed by atoms with E-state index in [0.29, 0.717) is 11.1 Å². The van der Waals surface area contributed by atoms with Gasteiger partial charge in [0.15, 0.2) is 0 Å². The first-order chi connectivity index (χ1) is 22.2. The number of carboxylic acids is 1. The van der Waals surface area contributed by atoms with E-state index in [1.807, 2.05) is 42.5 Å². The van der Waals surface area contributed by atoms with Crippen LogP contribution < -0.4 is 10.6 Å². The van der Waals surface area contributed by atoms with E-state index in [2.05, 4.69) is 16.7 Å². The van der Waals surface area contributed by atoms with Crippen LogP contribution >= 0.6 is 0 Å². The quantitative estimate of drug-likeness (QED) is 0.227. The van der Waals surface area contributed by atoms with Crippen LogP contribution in [0.25, 0.3) is 11.1 Å². The second-order valence-electron chi connectivity index (χ2n) is 11.0. The Morgan fingerprint density at radius 2 is 1.50 bits per heavy atom. The van der Waals surface area contributed by atoms with Gasteiger partial charge >= 0.3 is 5.97 Å². The summed E-state index contributed by atoms with van der Waals surface area (Å²) in [6.45, 7) is -0.154. The molecule has 5 rings (SSSR count). The summed E-state index contributed by atoms with van der Waals surface area (Å²) in [6, 6.07) is 29.8. The number of carbonyl (C=O) groups is 3. The lowest BCUT2D eigenvalue weighted by Crippen LogP contribution is -2.51. The van der Waals surface area contributed by atoms with Crippen molar-refractivity contribution in [2.24, 2.45) is 0 Å². The highest BCUT2D eigenvalue weighted by Crippen LogP contribution is 2.28. The molecular formula is C35H32N4O6S. The lowest BCUT2D eigenvalue weighted by molar-refractivity contribution is -0.142. The highest BCUT2D eigenvalue weighted by atomic mass is 32.2. The van der Waals surface area contributed by atoms with E-state index in [1.165, 1.54) is 12.1 Å². The normalized spacial score (nSPS) is 17.0. The van der Waals surface area contributed by atoms with Crippen molar-refractivity contribution in [2.75, 3.05) is 6.54 Å². The Bertz CT molecular complexity index is 1860. The Balaban J connectivity index is 1.33. The molecule has 0 spiro atoms. The summed E-state index contributed by atoms with van der Waals surface area (Å²) in [7, 11) is -4.16. The molecule has 1 fully saturated rings. The topological polar surface area (TPSA) is 157 Å². The molecule has 4 aromatic rings. The average Bonchev–Trinajstić information content (AvgIpc) is 3.50. The third-order valence-corrected chi connectivity index (χ3v) is 9.74. The van der Waals surface area contributed by atoms with Gasteiger partial charge in [-0.05, 0) is 46.9 Å². The van der Waals surface area contributed by atoms with Crippen molar-refractivity contribution in [3.05, 3.63) is 126 Å². The van der Waals surface area contributed by atoms with Gasteiger partial charge in [-0.25, -0.2) is 13.2 Å². The molecule has 1 heterocycles. The molecule has 2 amide bonds. The predicted octanol–water partition coefficient (Wildman–Crippen LogP) is 3.53. The number of hydrogen-bond donors (Lipinski definition) is 3. The zero-order chi connectivity index (χ0) is 32.7. The van der Waals surface area contributed by atoms with Crippen LogP contribution in [0.15, 0.2) is 114 Å². The maximum absolute atomic E-state index is 13.7. The number of amides is 2. The first kappa shape index (κ1) is 32.1. The molecule has 3 N–H and O–H groups in total. The minimum atomic E-state index is -4.16. The Morgan fingerprint density at radius 3 is 2.15 bits per heavy atom. The number of nitriles is 1. The molecule has 0 saturated carbocycles. The number of nitrogens with zero attached hydrogens (tertiary/aromatic N) is 2. The van der Waals surface area contributed by atoms with Crippen molar-refractivity contribution in [1.29, 1.82) is 5.26 Å². The van der Waals surface area contributed by atoms with Gasteiger partial charge in [0.1, 0.15) is 12.1 Å². The Labute approximate surface area is 267 Å². The van der Waals surface area contributed by atoms with E-state index in [-0.39, 0.29) is 36.6 Å². The molecule has 1 aliphatic heterocycles. The van der Waals surface area contributed by atoms with Gasteiger partial charge in [-0.1, -0.05) is 91.0 Å². The predicted molar refractivity (Wildman–Crippen MR) is 171 cm³/mol. The van der Waals surface area contributed by atoms with E-state index >= 15 is 0 Å². The number of benzene rings is 4. The summed E-state index contributed by atoms with van der Waals surface area (Å²) in [5.74, 6) is -2.37. The molecule has 0 aliphatic carbocycles. The van der Waals surface area contributed by atoms with Crippen molar-refractivity contribution in [3.8, 4) is 17.2 Å². The zero-order valence-corrected chi connectivity index (χ0v) is 25.6. The Kier molecular flexibility index (Phi) is 9.91. The molecule has 1 aliphatic rings. The molecule has 46 heavy (non-hydrogen) atoms. The van der Waals surface area contributed by atoms with Gasteiger partial charge in [0.25, 0.3) is 0 Å². The summed E-state index contributed by atoms with van der Waals surface area (Å²) in [6.07, 6.45) is -0.00395. The number of sulfonamides is 1. The first-order valence-corrected chi connectivity index (χ1v) is 16.1. The molecule has 4 aromatic carbocycles. The smallest absolute Gasteiger partial charge is 0.326 e. The lowest BCUT2D eigenvalue weighted by atomic mass is 9.97. The van der Waals surface area contributed by atoms with Gasteiger partial charge < -0.3 is 15.7 Å². The summed E-state index contributed by atoms with van der Waals surface area (Å²) >= 11 is 0. The van der Waals surface area contributed by atoms with Gasteiger partial charge in [0.2, 0.25) is 21.8 Å². The summed E-state index contributed by atoms with van der Waals surface area (Å²) < 4.78 is 28.4. The first-order valence-electron chi connectivity index (χ1n) is 14.7. The van der Waals surface area contributed by atoms with Gasteiger partial charge in [-0.15, -0.1) is 0 Å². The van der Waals surface area contributed by atoms with Crippen molar-refractivity contribution < 1.29 is 27.9 Å². The van der Waals surface area contributed by atoms with Crippen molar-refractivity contribution in [2.45, 2.75) is 42.3 Å². The van der Waals surface area contributed by atoms with Crippen LogP contribution in [-0.4, -0.2) is 60.3 Å². The van der Waals surface area contributed by atoms with Crippen molar-refractivity contribution in [1.82, 2.24) is 14.9 Å². The third kappa shape index (κ3) is 7.48. The zero-order valence-electron chi connectivity index (χ0n) is 24.7. The molecule has 11 heteroatoms. The minimum absolute atomic E-state index is 0.0168. The third-order valence-electron chi connectivity index (χ3n) is 7.85. The fourth-order valence-corrected chi connectivity index (χ4v) is 7.22. The molecule has 0 radical (unpaired) electrons. The molecular weight excluding hydrogens is 604 g/mol. The lowest BCUT2D eigenvalue weighted by Gasteiger charge is -2.25.